The van der Waals surface area contributed by atoms with E-state index in [0.29, 0.717) is 12.0 Å². The third-order valence-electron chi connectivity index (χ3n) is 2.38. The normalized spacial score (nSPS) is 13.6. The molecule has 0 aromatic carbocycles. The molecule has 0 aliphatic heterocycles. The number of nitrogens with one attached hydrogen (secondary N) is 1. The Kier molecular flexibility index (Phi) is 3.96. The van der Waals surface area contributed by atoms with Crippen LogP contribution in [0.5, 0.6) is 0 Å². The van der Waals surface area contributed by atoms with Crippen molar-refractivity contribution in [1.29, 1.82) is 0 Å². The largest absolute Gasteiger partial charge is 0.318 e. The summed E-state index contributed by atoms with van der Waals surface area (Å²) in [5.41, 5.74) is 0.897. The lowest BCUT2D eigenvalue weighted by Crippen LogP contribution is -2.26. The first-order valence-corrected chi connectivity index (χ1v) is 5.30. The van der Waals surface area contributed by atoms with Gasteiger partial charge in [0.05, 0.1) is 16.8 Å². The van der Waals surface area contributed by atoms with Crippen LogP contribution in [0.25, 0.3) is 0 Å². The molecule has 1 atom stereocenters. The molecule has 0 aliphatic carbocycles. The maximum Gasteiger partial charge on any atom is 0.0815 e. The molecule has 0 radical (unpaired) electrons. The van der Waals surface area contributed by atoms with Crippen molar-refractivity contribution in [3.05, 3.63) is 16.9 Å². The fourth-order valence-corrected chi connectivity index (χ4v) is 1.61. The Morgan fingerprint density at radius 3 is 2.57 bits per heavy atom. The van der Waals surface area contributed by atoms with Gasteiger partial charge in [0.2, 0.25) is 0 Å². The number of halogens is 1. The fraction of sp³-hybridized carbons (Fsp3) is 0.700. The summed E-state index contributed by atoms with van der Waals surface area (Å²) in [5, 5.41) is 8.31. The maximum atomic E-state index is 5.97. The van der Waals surface area contributed by atoms with Crippen LogP contribution in [0.3, 0.4) is 0 Å². The van der Waals surface area contributed by atoms with Gasteiger partial charge < -0.3 is 5.32 Å². The van der Waals surface area contributed by atoms with Crippen LogP contribution >= 0.6 is 11.6 Å². The van der Waals surface area contributed by atoms with Crippen LogP contribution < -0.4 is 5.32 Å². The average Bonchev–Trinajstić information content (AvgIpc) is 2.42. The van der Waals surface area contributed by atoms with Gasteiger partial charge in [0.1, 0.15) is 0 Å². The second-order valence-corrected chi connectivity index (χ2v) is 4.32. The summed E-state index contributed by atoms with van der Waals surface area (Å²) in [5.74, 6) is 0.540. The highest BCUT2D eigenvalue weighted by atomic mass is 35.5. The fourth-order valence-electron chi connectivity index (χ4n) is 1.47. The van der Waals surface area contributed by atoms with Crippen LogP contribution in [0.4, 0.5) is 0 Å². The number of aryl methyl sites for hydroxylation is 1. The molecule has 0 amide bonds. The minimum atomic E-state index is 0.367. The number of hydrogen-bond acceptors (Lipinski definition) is 2. The van der Waals surface area contributed by atoms with E-state index >= 15 is 0 Å². The molecule has 3 nitrogen and oxygen atoms in total. The second kappa shape index (κ2) is 4.80. The van der Waals surface area contributed by atoms with Crippen LogP contribution in [0, 0.1) is 12.8 Å². The quantitative estimate of drug-likeness (QED) is 0.835. The molecule has 0 bridgehead atoms. The van der Waals surface area contributed by atoms with Crippen molar-refractivity contribution in [3.63, 3.8) is 0 Å². The zero-order chi connectivity index (χ0) is 10.7. The van der Waals surface area contributed by atoms with Gasteiger partial charge in [-0.25, -0.2) is 0 Å². The van der Waals surface area contributed by atoms with Gasteiger partial charge in [0, 0.05) is 12.7 Å². The van der Waals surface area contributed by atoms with Gasteiger partial charge in [-0.1, -0.05) is 25.4 Å². The van der Waals surface area contributed by atoms with Crippen molar-refractivity contribution < 1.29 is 0 Å². The monoisotopic (exact) mass is 215 g/mol. The summed E-state index contributed by atoms with van der Waals surface area (Å²) in [6.45, 7) is 7.21. The predicted molar refractivity (Wildman–Crippen MR) is 59.8 cm³/mol. The van der Waals surface area contributed by atoms with Crippen molar-refractivity contribution in [2.24, 2.45) is 5.92 Å². The number of rotatable bonds is 4. The molecule has 14 heavy (non-hydrogen) atoms. The first-order chi connectivity index (χ1) is 6.56. The van der Waals surface area contributed by atoms with Crippen LogP contribution in [0.2, 0.25) is 5.02 Å². The van der Waals surface area contributed by atoms with Crippen molar-refractivity contribution in [2.45, 2.75) is 26.8 Å². The smallest absolute Gasteiger partial charge is 0.0815 e. The molecular formula is C10H18ClN3. The number of hydrogen-bond donors (Lipinski definition) is 1. The van der Waals surface area contributed by atoms with Crippen molar-refractivity contribution in [3.8, 4) is 0 Å². The molecule has 1 N–H and O–H groups in total. The van der Waals surface area contributed by atoms with Crippen LogP contribution in [-0.2, 0) is 0 Å². The third-order valence-corrected chi connectivity index (χ3v) is 2.75. The van der Waals surface area contributed by atoms with Gasteiger partial charge >= 0.3 is 0 Å². The first-order valence-electron chi connectivity index (χ1n) is 4.92. The Labute approximate surface area is 90.4 Å². The summed E-state index contributed by atoms with van der Waals surface area (Å²) >= 11 is 5.97. The molecule has 0 spiro atoms. The highest BCUT2D eigenvalue weighted by molar-refractivity contribution is 6.31. The van der Waals surface area contributed by atoms with Crippen LogP contribution in [0.1, 0.15) is 25.6 Å². The van der Waals surface area contributed by atoms with Gasteiger partial charge in [-0.3, -0.25) is 4.68 Å². The molecule has 80 valence electrons. The maximum absolute atomic E-state index is 5.97. The van der Waals surface area contributed by atoms with Gasteiger partial charge in [0.15, 0.2) is 0 Å². The van der Waals surface area contributed by atoms with Crippen molar-refractivity contribution in [1.82, 2.24) is 15.1 Å². The first kappa shape index (κ1) is 11.5. The van der Waals surface area contributed by atoms with E-state index < -0.39 is 0 Å². The van der Waals surface area contributed by atoms with Crippen LogP contribution in [-0.4, -0.2) is 23.4 Å². The van der Waals surface area contributed by atoms with E-state index in [1.54, 1.807) is 0 Å². The molecule has 0 saturated carbocycles. The van der Waals surface area contributed by atoms with Gasteiger partial charge in [-0.15, -0.1) is 0 Å². The molecule has 0 fully saturated rings. The van der Waals surface area contributed by atoms with Crippen molar-refractivity contribution >= 4 is 11.6 Å². The molecule has 0 saturated heterocycles. The average molecular weight is 216 g/mol. The molecule has 1 aromatic heterocycles. The Morgan fingerprint density at radius 2 is 2.21 bits per heavy atom. The lowest BCUT2D eigenvalue weighted by molar-refractivity contribution is 0.337. The lowest BCUT2D eigenvalue weighted by Gasteiger charge is -2.20. The van der Waals surface area contributed by atoms with E-state index in [2.05, 4.69) is 24.3 Å². The zero-order valence-corrected chi connectivity index (χ0v) is 9.97. The second-order valence-electron chi connectivity index (χ2n) is 3.91. The van der Waals surface area contributed by atoms with E-state index in [-0.39, 0.29) is 0 Å². The van der Waals surface area contributed by atoms with E-state index in [0.717, 1.165) is 17.3 Å². The summed E-state index contributed by atoms with van der Waals surface area (Å²) in [7, 11) is 1.95. The summed E-state index contributed by atoms with van der Waals surface area (Å²) in [6.07, 6.45) is 1.90. The lowest BCUT2D eigenvalue weighted by atomic mass is 10.1. The molecular weight excluding hydrogens is 198 g/mol. The zero-order valence-electron chi connectivity index (χ0n) is 9.21. The molecule has 1 unspecified atom stereocenters. The Balaban J connectivity index is 2.87. The Morgan fingerprint density at radius 1 is 1.57 bits per heavy atom. The van der Waals surface area contributed by atoms with Gasteiger partial charge in [-0.05, 0) is 19.9 Å². The number of likely N-dealkylation sites (N-methyl/N-ethyl adjacent to an activating group) is 1. The summed E-state index contributed by atoms with van der Waals surface area (Å²) < 4.78 is 1.96. The van der Waals surface area contributed by atoms with E-state index in [4.69, 9.17) is 11.6 Å². The standard InChI is InChI=1S/C10H18ClN3/c1-7(2)10(5-12-4)14-6-9(11)8(3)13-14/h6-7,10,12H,5H2,1-4H3. The Bertz CT molecular complexity index is 274. The molecule has 4 heteroatoms. The van der Waals surface area contributed by atoms with Crippen molar-refractivity contribution in [2.75, 3.05) is 13.6 Å². The number of aromatic nitrogens is 2. The predicted octanol–water partition coefficient (Wildman–Crippen LogP) is 2.26. The van der Waals surface area contributed by atoms with E-state index in [9.17, 15) is 0 Å². The molecule has 1 rings (SSSR count). The highest BCUT2D eigenvalue weighted by Gasteiger charge is 2.16. The SMILES string of the molecule is CNCC(C(C)C)n1cc(Cl)c(C)n1. The highest BCUT2D eigenvalue weighted by Crippen LogP contribution is 2.20. The summed E-state index contributed by atoms with van der Waals surface area (Å²) in [6, 6.07) is 0.367. The molecule has 0 aliphatic rings. The number of nitrogens with zero attached hydrogens (tertiary/aromatic N) is 2. The van der Waals surface area contributed by atoms with Gasteiger partial charge in [0.25, 0.3) is 0 Å². The minimum Gasteiger partial charge on any atom is -0.318 e. The summed E-state index contributed by atoms with van der Waals surface area (Å²) in [4.78, 5) is 0. The van der Waals surface area contributed by atoms with E-state index in [1.165, 1.54) is 0 Å². The Hall–Kier alpha value is -0.540. The van der Waals surface area contributed by atoms with Crippen LogP contribution in [0.15, 0.2) is 6.20 Å². The van der Waals surface area contributed by atoms with Gasteiger partial charge in [-0.2, -0.15) is 5.10 Å². The van der Waals surface area contributed by atoms with E-state index in [1.807, 2.05) is 24.9 Å². The molecule has 1 heterocycles. The third kappa shape index (κ3) is 2.49. The topological polar surface area (TPSA) is 29.9 Å². The molecule has 1 aromatic rings. The minimum absolute atomic E-state index is 0.367.